The average Bonchev–Trinajstić information content (AvgIpc) is 1.32. The van der Waals surface area contributed by atoms with Crippen LogP contribution in [0.2, 0.25) is 0 Å². The van der Waals surface area contributed by atoms with E-state index in [2.05, 4.69) is 326 Å². The summed E-state index contributed by atoms with van der Waals surface area (Å²) in [6.07, 6.45) is 4.72. The van der Waals surface area contributed by atoms with Crippen molar-refractivity contribution in [1.29, 1.82) is 0 Å². The second-order valence-electron chi connectivity index (χ2n) is 29.8. The Balaban J connectivity index is 0.000000327. The SMILES string of the molecule is C=C1C=C(C)[N](c2c(C(C)C)cccc2C(C)C)[Ge]([c]2n(C(C)C)c(C)c(C)[n+]2C(C)C)[N]1c1c(C(C)C)cccc1C(C)C.C=C1C=C(C)[N](c2c(C(C)C)cccc2C(C)C)[Ge]([c]2n(C(C)C)c(C)c(C)[n+]2C(C)C)[N]1c1c(C(C)C)cccc1C(C)C.[OH-].[OH-]. The van der Waals surface area contributed by atoms with Crippen LogP contribution in [0.4, 0.5) is 22.7 Å². The van der Waals surface area contributed by atoms with Gasteiger partial charge in [0.15, 0.2) is 0 Å². The minimum absolute atomic E-state index is 0. The van der Waals surface area contributed by atoms with Crippen LogP contribution in [0.5, 0.6) is 0 Å². The molecular weight excluding hydrogens is 1250 g/mol. The largest absolute Gasteiger partial charge is 0.870 e. The second kappa shape index (κ2) is 30.9. The van der Waals surface area contributed by atoms with Crippen molar-refractivity contribution in [3.8, 4) is 0 Å². The van der Waals surface area contributed by atoms with Gasteiger partial charge in [-0.2, -0.15) is 0 Å². The first-order chi connectivity index (χ1) is 42.0. The molecule has 0 bridgehead atoms. The molecule has 0 saturated heterocycles. The molecule has 0 unspecified atom stereocenters. The summed E-state index contributed by atoms with van der Waals surface area (Å²) in [7, 11) is 0. The van der Waals surface area contributed by atoms with Gasteiger partial charge < -0.3 is 11.0 Å². The van der Waals surface area contributed by atoms with E-state index in [0.717, 1.165) is 11.4 Å². The van der Waals surface area contributed by atoms with E-state index in [0.29, 0.717) is 71.5 Å². The van der Waals surface area contributed by atoms with Gasteiger partial charge in [0, 0.05) is 0 Å². The molecule has 10 nitrogen and oxygen atoms in total. The second-order valence-corrected chi connectivity index (χ2v) is 38.1. The van der Waals surface area contributed by atoms with Crippen molar-refractivity contribution in [2.24, 2.45) is 0 Å². The molecule has 4 aromatic carbocycles. The number of para-hydroxylation sites is 4. The molecule has 92 heavy (non-hydrogen) atoms. The molecule has 0 aliphatic carbocycles. The molecule has 0 saturated carbocycles. The van der Waals surface area contributed by atoms with Gasteiger partial charge in [0.2, 0.25) is 0 Å². The van der Waals surface area contributed by atoms with E-state index in [1.165, 1.54) is 111 Å². The number of allylic oxidation sites excluding steroid dienone is 4. The van der Waals surface area contributed by atoms with Crippen LogP contribution < -0.4 is 33.9 Å². The molecule has 2 aliphatic heterocycles. The van der Waals surface area contributed by atoms with Crippen LogP contribution >= 0.6 is 0 Å². The summed E-state index contributed by atoms with van der Waals surface area (Å²) in [5, 5.41) is 0. The number of rotatable bonds is 18. The first-order valence-corrected chi connectivity index (χ1v) is 40.4. The van der Waals surface area contributed by atoms with E-state index in [1.807, 2.05) is 0 Å². The van der Waals surface area contributed by atoms with Crippen LogP contribution in [0.1, 0.15) is 319 Å². The molecular formula is C80H122Ge2N8O2. The molecule has 502 valence electrons. The van der Waals surface area contributed by atoms with Gasteiger partial charge in [-0.05, 0) is 0 Å². The third-order valence-electron chi connectivity index (χ3n) is 19.0. The van der Waals surface area contributed by atoms with Gasteiger partial charge >= 0.3 is 563 Å². The zero-order valence-corrected chi connectivity index (χ0v) is 67.1. The van der Waals surface area contributed by atoms with Gasteiger partial charge in [-0.25, -0.2) is 0 Å². The zero-order valence-electron chi connectivity index (χ0n) is 62.9. The Morgan fingerprint density at radius 2 is 0.511 bits per heavy atom. The van der Waals surface area contributed by atoms with Crippen molar-refractivity contribution < 1.29 is 20.1 Å². The summed E-state index contributed by atoms with van der Waals surface area (Å²) in [5.74, 6) is 3.15. The standard InChI is InChI=1S/2C40H60GeN4.2H2O/c2*1-24(2)34-19-17-20-35(25(3)4)38(34)44-30(13)23-31(14)45(39-36(26(5)6)21-18-22-37(39)27(7)8)41(44)40-42(28(9)10)32(15)33(16)43(40)29(11)12;;/h2*17-29H,13H2,1-12,14-16H3;2*1H2/q2*+1;;/p-2. The summed E-state index contributed by atoms with van der Waals surface area (Å²) < 4.78 is 24.9. The third kappa shape index (κ3) is 14.4. The fraction of sp³-hybridized carbons (Fsp3) is 0.525. The molecule has 0 atom stereocenters. The Kier molecular flexibility index (Phi) is 25.9. The van der Waals surface area contributed by atoms with Crippen molar-refractivity contribution in [3.63, 3.8) is 0 Å². The van der Waals surface area contributed by atoms with Crippen LogP contribution in [-0.4, -0.2) is 49.7 Å². The van der Waals surface area contributed by atoms with E-state index in [9.17, 15) is 0 Å². The Morgan fingerprint density at radius 3 is 0.685 bits per heavy atom. The van der Waals surface area contributed by atoms with Crippen LogP contribution in [0.15, 0.2) is 121 Å². The molecule has 4 heterocycles. The monoisotopic (exact) mass is 1370 g/mol. The smallest absolute Gasteiger partial charge is 0.870 e. The molecule has 8 rings (SSSR count). The number of benzene rings is 4. The summed E-state index contributed by atoms with van der Waals surface area (Å²) in [5.41, 5.74) is 27.3. The molecule has 6 aromatic rings. The Hall–Kier alpha value is -5.53. The fourth-order valence-electron chi connectivity index (χ4n) is 14.6. The van der Waals surface area contributed by atoms with Gasteiger partial charge in [-0.1, -0.05) is 0 Å². The molecule has 0 fully saturated rings. The van der Waals surface area contributed by atoms with Crippen LogP contribution in [0.25, 0.3) is 0 Å². The maximum Gasteiger partial charge on any atom is -0.870 e. The van der Waals surface area contributed by atoms with E-state index in [-0.39, 0.29) is 11.0 Å². The van der Waals surface area contributed by atoms with Gasteiger partial charge in [0.1, 0.15) is 0 Å². The summed E-state index contributed by atoms with van der Waals surface area (Å²) in [6.45, 7) is 80.2. The first-order valence-electron chi connectivity index (χ1n) is 34.5. The number of hydrogen-bond acceptors (Lipinski definition) is 6. The molecule has 0 amide bonds. The topological polar surface area (TPSA) is 90.6 Å². The summed E-state index contributed by atoms with van der Waals surface area (Å²) in [4.78, 5) is 0. The Labute approximate surface area is 569 Å². The van der Waals surface area contributed by atoms with Gasteiger partial charge in [-0.3, -0.25) is 0 Å². The van der Waals surface area contributed by atoms with E-state index < -0.39 is 29.6 Å². The maximum absolute atomic E-state index is 4.87. The van der Waals surface area contributed by atoms with Crippen molar-refractivity contribution in [1.82, 2.24) is 9.13 Å². The summed E-state index contributed by atoms with van der Waals surface area (Å²) in [6, 6.07) is 29.4. The molecule has 12 heteroatoms. The number of aromatic nitrogens is 4. The quantitative estimate of drug-likeness (QED) is 0.0629. The van der Waals surface area contributed by atoms with Crippen molar-refractivity contribution in [2.75, 3.05) is 15.4 Å². The van der Waals surface area contributed by atoms with E-state index in [1.54, 1.807) is 0 Å². The number of anilines is 4. The van der Waals surface area contributed by atoms with Gasteiger partial charge in [-0.15, -0.1) is 0 Å². The van der Waals surface area contributed by atoms with Crippen LogP contribution in [0.3, 0.4) is 0 Å². The molecule has 2 N–H and O–H groups in total. The van der Waals surface area contributed by atoms with Crippen LogP contribution in [-0.2, 0) is 0 Å². The predicted molar refractivity (Wildman–Crippen MR) is 399 cm³/mol. The first kappa shape index (κ1) is 77.2. The van der Waals surface area contributed by atoms with Crippen molar-refractivity contribution in [3.05, 3.63) is 188 Å². The van der Waals surface area contributed by atoms with Gasteiger partial charge in [0.25, 0.3) is 0 Å². The summed E-state index contributed by atoms with van der Waals surface area (Å²) >= 11 is -5.54. The van der Waals surface area contributed by atoms with Gasteiger partial charge in [0.05, 0.1) is 0 Å². The zero-order chi connectivity index (χ0) is 67.3. The maximum atomic E-state index is 4.87. The minimum atomic E-state index is -2.77. The van der Waals surface area contributed by atoms with Crippen molar-refractivity contribution >= 4 is 61.7 Å². The molecule has 0 spiro atoms. The average molecular weight is 1370 g/mol. The molecule has 2 aliphatic rings. The Bertz CT molecular complexity index is 3250. The number of nitrogens with zero attached hydrogens (tertiary/aromatic N) is 8. The minimum Gasteiger partial charge on any atom is -0.870 e. The third-order valence-corrected chi connectivity index (χ3v) is 30.8. The number of imidazole rings is 2. The number of hydrogen-bond donors (Lipinski definition) is 0. The molecule has 2 radical (unpaired) electrons. The van der Waals surface area contributed by atoms with E-state index in [4.69, 9.17) is 13.2 Å². The predicted octanol–water partition coefficient (Wildman–Crippen LogP) is 20.0. The van der Waals surface area contributed by atoms with Crippen molar-refractivity contribution in [2.45, 2.75) is 279 Å². The normalized spacial score (nSPS) is 14.5. The fourth-order valence-corrected chi connectivity index (χ4v) is 29.5. The van der Waals surface area contributed by atoms with Crippen LogP contribution in [0, 0.1) is 27.7 Å². The Morgan fingerprint density at radius 1 is 0.315 bits per heavy atom. The molecule has 2 aromatic heterocycles. The van der Waals surface area contributed by atoms with E-state index >= 15 is 0 Å².